The fourth-order valence-electron chi connectivity index (χ4n) is 1.22. The predicted octanol–water partition coefficient (Wildman–Crippen LogP) is 2.23. The molecular formula is C11H14ClN3O3. The highest BCUT2D eigenvalue weighted by Gasteiger charge is 2.23. The number of nitro groups is 1. The van der Waals surface area contributed by atoms with Gasteiger partial charge in [0.05, 0.1) is 10.5 Å². The van der Waals surface area contributed by atoms with Gasteiger partial charge in [0, 0.05) is 11.8 Å². The molecule has 0 aromatic heterocycles. The molecule has 0 fully saturated rings. The Bertz CT molecular complexity index is 509. The van der Waals surface area contributed by atoms with Crippen molar-refractivity contribution in [1.82, 2.24) is 0 Å². The van der Waals surface area contributed by atoms with Crippen molar-refractivity contribution < 1.29 is 9.72 Å². The summed E-state index contributed by atoms with van der Waals surface area (Å²) in [4.78, 5) is 21.8. The fourth-order valence-corrected chi connectivity index (χ4v) is 1.46. The number of anilines is 1. The summed E-state index contributed by atoms with van der Waals surface area (Å²) >= 11 is 5.77. The Labute approximate surface area is 109 Å². The zero-order valence-electron chi connectivity index (χ0n) is 10.3. The van der Waals surface area contributed by atoms with Gasteiger partial charge in [0.1, 0.15) is 5.02 Å². The van der Waals surface area contributed by atoms with Crippen molar-refractivity contribution in [2.24, 2.45) is 5.73 Å². The van der Waals surface area contributed by atoms with Gasteiger partial charge < -0.3 is 11.1 Å². The second-order valence-electron chi connectivity index (χ2n) is 4.55. The summed E-state index contributed by atoms with van der Waals surface area (Å²) in [6, 6.07) is 2.65. The van der Waals surface area contributed by atoms with E-state index in [1.165, 1.54) is 12.1 Å². The molecule has 7 heteroatoms. The summed E-state index contributed by atoms with van der Waals surface area (Å²) < 4.78 is 0. The number of nitro benzene ring substituents is 1. The molecular weight excluding hydrogens is 258 g/mol. The quantitative estimate of drug-likeness (QED) is 0.650. The molecule has 0 aliphatic heterocycles. The Morgan fingerprint density at radius 3 is 2.50 bits per heavy atom. The predicted molar refractivity (Wildman–Crippen MR) is 69.7 cm³/mol. The number of carbonyl (C=O) groups is 1. The van der Waals surface area contributed by atoms with Crippen molar-refractivity contribution >= 4 is 28.9 Å². The van der Waals surface area contributed by atoms with Crippen molar-refractivity contribution in [3.05, 3.63) is 32.8 Å². The number of hydrogen-bond acceptors (Lipinski definition) is 4. The first kappa shape index (κ1) is 14.4. The minimum absolute atomic E-state index is 0.0317. The van der Waals surface area contributed by atoms with Gasteiger partial charge in [-0.2, -0.15) is 0 Å². The van der Waals surface area contributed by atoms with Crippen LogP contribution in [0.1, 0.15) is 19.4 Å². The first-order chi connectivity index (χ1) is 8.12. The van der Waals surface area contributed by atoms with Crippen LogP contribution < -0.4 is 11.1 Å². The zero-order chi connectivity index (χ0) is 14.1. The van der Waals surface area contributed by atoms with E-state index in [0.717, 1.165) is 0 Å². The molecule has 0 radical (unpaired) electrons. The summed E-state index contributed by atoms with van der Waals surface area (Å²) in [6.07, 6.45) is 0. The minimum Gasteiger partial charge on any atom is -0.324 e. The topological polar surface area (TPSA) is 98.3 Å². The maximum Gasteiger partial charge on any atom is 0.288 e. The molecule has 1 rings (SSSR count). The van der Waals surface area contributed by atoms with Crippen LogP contribution in [0.2, 0.25) is 5.02 Å². The number of nitrogens with one attached hydrogen (secondary N) is 1. The highest BCUT2D eigenvalue weighted by molar-refractivity contribution is 6.33. The number of benzene rings is 1. The maximum absolute atomic E-state index is 11.7. The van der Waals surface area contributed by atoms with Gasteiger partial charge in [0.25, 0.3) is 5.69 Å². The first-order valence-electron chi connectivity index (χ1n) is 5.18. The monoisotopic (exact) mass is 271 g/mol. The van der Waals surface area contributed by atoms with E-state index >= 15 is 0 Å². The standard InChI is InChI=1S/C11H14ClN3O3/c1-6-4-9(15(17)18)7(12)5-8(6)14-10(16)11(2,3)13/h4-5H,13H2,1-3H3,(H,14,16). The van der Waals surface area contributed by atoms with Crippen LogP contribution in [0.15, 0.2) is 12.1 Å². The Morgan fingerprint density at radius 2 is 2.06 bits per heavy atom. The Hall–Kier alpha value is -1.66. The number of amides is 1. The van der Waals surface area contributed by atoms with Gasteiger partial charge in [-0.05, 0) is 32.4 Å². The third-order valence-corrected chi connectivity index (χ3v) is 2.63. The van der Waals surface area contributed by atoms with Crippen molar-refractivity contribution in [2.75, 3.05) is 5.32 Å². The van der Waals surface area contributed by atoms with E-state index in [1.54, 1.807) is 20.8 Å². The zero-order valence-corrected chi connectivity index (χ0v) is 11.0. The molecule has 98 valence electrons. The number of carbonyl (C=O) groups excluding carboxylic acids is 1. The number of hydrogen-bond donors (Lipinski definition) is 2. The molecule has 0 aliphatic rings. The molecule has 1 aromatic carbocycles. The van der Waals surface area contributed by atoms with Gasteiger partial charge in [-0.3, -0.25) is 14.9 Å². The molecule has 0 saturated carbocycles. The molecule has 6 nitrogen and oxygen atoms in total. The smallest absolute Gasteiger partial charge is 0.288 e. The summed E-state index contributed by atoms with van der Waals surface area (Å²) in [5, 5.41) is 13.2. The number of halogens is 1. The summed E-state index contributed by atoms with van der Waals surface area (Å²) in [5.74, 6) is -0.393. The highest BCUT2D eigenvalue weighted by atomic mass is 35.5. The van der Waals surface area contributed by atoms with Crippen molar-refractivity contribution in [3.8, 4) is 0 Å². The largest absolute Gasteiger partial charge is 0.324 e. The van der Waals surface area contributed by atoms with Gasteiger partial charge in [0.15, 0.2) is 0 Å². The molecule has 0 saturated heterocycles. The third-order valence-electron chi connectivity index (χ3n) is 2.32. The average Bonchev–Trinajstić information content (AvgIpc) is 2.21. The molecule has 1 aromatic rings. The van der Waals surface area contributed by atoms with E-state index in [0.29, 0.717) is 11.3 Å². The third kappa shape index (κ3) is 3.18. The summed E-state index contributed by atoms with van der Waals surface area (Å²) in [6.45, 7) is 4.76. The van der Waals surface area contributed by atoms with Gasteiger partial charge >= 0.3 is 0 Å². The van der Waals surface area contributed by atoms with Crippen LogP contribution in [0, 0.1) is 17.0 Å². The van der Waals surface area contributed by atoms with Crippen LogP contribution in [0.4, 0.5) is 11.4 Å². The van der Waals surface area contributed by atoms with Crippen LogP contribution in [0.5, 0.6) is 0 Å². The second kappa shape index (κ2) is 4.91. The lowest BCUT2D eigenvalue weighted by molar-refractivity contribution is -0.384. The maximum atomic E-state index is 11.7. The van der Waals surface area contributed by atoms with E-state index < -0.39 is 16.4 Å². The van der Waals surface area contributed by atoms with Crippen molar-refractivity contribution in [3.63, 3.8) is 0 Å². The van der Waals surface area contributed by atoms with E-state index in [4.69, 9.17) is 17.3 Å². The molecule has 3 N–H and O–H groups in total. The molecule has 18 heavy (non-hydrogen) atoms. The van der Waals surface area contributed by atoms with Crippen molar-refractivity contribution in [2.45, 2.75) is 26.3 Å². The van der Waals surface area contributed by atoms with Crippen LogP contribution in [-0.2, 0) is 4.79 Å². The first-order valence-corrected chi connectivity index (χ1v) is 5.55. The Balaban J connectivity index is 3.10. The minimum atomic E-state index is -1.04. The number of aryl methyl sites for hydroxylation is 1. The Morgan fingerprint density at radius 1 is 1.50 bits per heavy atom. The summed E-state index contributed by atoms with van der Waals surface area (Å²) in [7, 11) is 0. The molecule has 0 bridgehead atoms. The van der Waals surface area contributed by atoms with E-state index in [1.807, 2.05) is 0 Å². The van der Waals surface area contributed by atoms with Crippen LogP contribution in [0.25, 0.3) is 0 Å². The number of rotatable bonds is 3. The second-order valence-corrected chi connectivity index (χ2v) is 4.96. The van der Waals surface area contributed by atoms with E-state index in [9.17, 15) is 14.9 Å². The van der Waals surface area contributed by atoms with Gasteiger partial charge in [-0.15, -0.1) is 0 Å². The molecule has 1 amide bonds. The SMILES string of the molecule is Cc1cc([N+](=O)[O-])c(Cl)cc1NC(=O)C(C)(C)N. The lowest BCUT2D eigenvalue weighted by Gasteiger charge is -2.18. The lowest BCUT2D eigenvalue weighted by Crippen LogP contribution is -2.45. The van der Waals surface area contributed by atoms with Gasteiger partial charge in [-0.25, -0.2) is 0 Å². The highest BCUT2D eigenvalue weighted by Crippen LogP contribution is 2.30. The molecule has 0 aliphatic carbocycles. The number of nitrogens with two attached hydrogens (primary N) is 1. The van der Waals surface area contributed by atoms with E-state index in [2.05, 4.69) is 5.32 Å². The summed E-state index contributed by atoms with van der Waals surface area (Å²) in [5.41, 5.74) is 5.36. The van der Waals surface area contributed by atoms with E-state index in [-0.39, 0.29) is 10.7 Å². The normalized spacial score (nSPS) is 11.2. The van der Waals surface area contributed by atoms with Crippen LogP contribution in [-0.4, -0.2) is 16.4 Å². The fraction of sp³-hybridized carbons (Fsp3) is 0.364. The van der Waals surface area contributed by atoms with Gasteiger partial charge in [0.2, 0.25) is 5.91 Å². The van der Waals surface area contributed by atoms with Crippen LogP contribution >= 0.6 is 11.6 Å². The molecule has 0 heterocycles. The Kier molecular flexibility index (Phi) is 3.93. The average molecular weight is 272 g/mol. The lowest BCUT2D eigenvalue weighted by atomic mass is 10.1. The molecule has 0 atom stereocenters. The van der Waals surface area contributed by atoms with Crippen molar-refractivity contribution in [1.29, 1.82) is 0 Å². The van der Waals surface area contributed by atoms with Gasteiger partial charge in [-0.1, -0.05) is 11.6 Å². The molecule has 0 unspecified atom stereocenters. The number of nitrogens with zero attached hydrogens (tertiary/aromatic N) is 1. The van der Waals surface area contributed by atoms with Crippen LogP contribution in [0.3, 0.4) is 0 Å². The molecule has 0 spiro atoms.